The van der Waals surface area contributed by atoms with E-state index < -0.39 is 6.03 Å². The number of urea groups is 1. The van der Waals surface area contributed by atoms with Crippen LogP contribution in [0.2, 0.25) is 0 Å². The highest BCUT2D eigenvalue weighted by molar-refractivity contribution is 5.99. The van der Waals surface area contributed by atoms with Gasteiger partial charge in [-0.05, 0) is 37.5 Å². The topological polar surface area (TPSA) is 70.7 Å². The minimum absolute atomic E-state index is 0.648. The van der Waals surface area contributed by atoms with Gasteiger partial charge in [0.15, 0.2) is 0 Å². The van der Waals surface area contributed by atoms with Crippen molar-refractivity contribution >= 4 is 17.4 Å². The lowest BCUT2D eigenvalue weighted by Crippen LogP contribution is -2.25. The Hall–Kier alpha value is -2.04. The second-order valence-electron chi connectivity index (χ2n) is 5.12. The molecule has 1 aromatic carbocycles. The fraction of sp³-hybridized carbons (Fsp3) is 0.467. The molecule has 1 aliphatic heterocycles. The maximum atomic E-state index is 10.6. The average molecular weight is 274 g/mol. The number of carbonyl (C=O) groups excluding carboxylic acids is 1. The molecule has 0 radical (unpaired) electrons. The summed E-state index contributed by atoms with van der Waals surface area (Å²) in [5.74, 6) is 0. The minimum Gasteiger partial charge on any atom is -0.372 e. The van der Waals surface area contributed by atoms with Gasteiger partial charge in [0.05, 0.1) is 5.71 Å². The first kappa shape index (κ1) is 14.4. The number of benzene rings is 1. The second-order valence-corrected chi connectivity index (χ2v) is 5.12. The van der Waals surface area contributed by atoms with Crippen LogP contribution in [0, 0.1) is 0 Å². The van der Waals surface area contributed by atoms with E-state index >= 15 is 0 Å². The number of carbonyl (C=O) groups is 1. The fourth-order valence-electron chi connectivity index (χ4n) is 2.45. The molecule has 1 aliphatic rings. The van der Waals surface area contributed by atoms with Crippen molar-refractivity contribution in [2.75, 3.05) is 18.0 Å². The molecule has 0 aliphatic carbocycles. The van der Waals surface area contributed by atoms with Crippen LogP contribution in [0.1, 0.15) is 38.2 Å². The fourth-order valence-corrected chi connectivity index (χ4v) is 2.45. The number of anilines is 1. The molecule has 20 heavy (non-hydrogen) atoms. The first-order valence-corrected chi connectivity index (χ1v) is 7.12. The van der Waals surface area contributed by atoms with Crippen LogP contribution >= 0.6 is 0 Å². The van der Waals surface area contributed by atoms with Crippen LogP contribution in [0.15, 0.2) is 29.4 Å². The van der Waals surface area contributed by atoms with Crippen LogP contribution in [-0.4, -0.2) is 24.8 Å². The Morgan fingerprint density at radius 1 is 1.15 bits per heavy atom. The molecule has 3 N–H and O–H groups in total. The minimum atomic E-state index is -0.648. The number of nitrogens with one attached hydrogen (secondary N) is 1. The summed E-state index contributed by atoms with van der Waals surface area (Å²) >= 11 is 0. The van der Waals surface area contributed by atoms with E-state index in [0.29, 0.717) is 0 Å². The maximum absolute atomic E-state index is 10.6. The first-order chi connectivity index (χ1) is 9.66. The third-order valence-electron chi connectivity index (χ3n) is 3.59. The Bertz CT molecular complexity index is 473. The number of hydrazone groups is 1. The number of hydrogen-bond donors (Lipinski definition) is 2. The Labute approximate surface area is 119 Å². The van der Waals surface area contributed by atoms with Gasteiger partial charge in [0, 0.05) is 18.8 Å². The van der Waals surface area contributed by atoms with Crippen LogP contribution < -0.4 is 16.1 Å². The van der Waals surface area contributed by atoms with Crippen molar-refractivity contribution in [2.24, 2.45) is 10.8 Å². The largest absolute Gasteiger partial charge is 0.372 e. The smallest absolute Gasteiger partial charge is 0.332 e. The van der Waals surface area contributed by atoms with Crippen molar-refractivity contribution in [1.82, 2.24) is 5.43 Å². The third-order valence-corrected chi connectivity index (χ3v) is 3.59. The average Bonchev–Trinajstić information content (AvgIpc) is 2.74. The lowest BCUT2D eigenvalue weighted by atomic mass is 10.1. The van der Waals surface area contributed by atoms with E-state index in [1.165, 1.54) is 31.4 Å². The number of hydrogen-bond acceptors (Lipinski definition) is 3. The van der Waals surface area contributed by atoms with Gasteiger partial charge in [0.2, 0.25) is 0 Å². The van der Waals surface area contributed by atoms with Gasteiger partial charge in [-0.25, -0.2) is 10.2 Å². The van der Waals surface area contributed by atoms with E-state index in [0.717, 1.165) is 24.4 Å². The Balaban J connectivity index is 2.05. The molecule has 5 nitrogen and oxygen atoms in total. The summed E-state index contributed by atoms with van der Waals surface area (Å²) in [7, 11) is 0. The van der Waals surface area contributed by atoms with Crippen molar-refractivity contribution in [1.29, 1.82) is 0 Å². The molecule has 0 bridgehead atoms. The van der Waals surface area contributed by atoms with Crippen LogP contribution in [0.5, 0.6) is 0 Å². The van der Waals surface area contributed by atoms with Crippen molar-refractivity contribution in [3.8, 4) is 0 Å². The van der Waals surface area contributed by atoms with Crippen LogP contribution in [-0.2, 0) is 0 Å². The Kier molecular flexibility index (Phi) is 4.98. The highest BCUT2D eigenvalue weighted by Gasteiger charge is 2.09. The number of nitrogens with two attached hydrogens (primary N) is 1. The lowest BCUT2D eigenvalue weighted by molar-refractivity contribution is 0.249. The van der Waals surface area contributed by atoms with Gasteiger partial charge in [0.25, 0.3) is 0 Å². The Morgan fingerprint density at radius 3 is 2.30 bits per heavy atom. The summed E-state index contributed by atoms with van der Waals surface area (Å²) in [5.41, 5.74) is 10.2. The van der Waals surface area contributed by atoms with E-state index in [9.17, 15) is 4.79 Å². The van der Waals surface area contributed by atoms with E-state index in [2.05, 4.69) is 27.6 Å². The quantitative estimate of drug-likeness (QED) is 0.656. The molecule has 0 spiro atoms. The van der Waals surface area contributed by atoms with E-state index in [1.807, 2.05) is 19.1 Å². The summed E-state index contributed by atoms with van der Waals surface area (Å²) in [4.78, 5) is 13.1. The van der Waals surface area contributed by atoms with Crippen LogP contribution in [0.4, 0.5) is 10.5 Å². The SMILES string of the molecule is CC(=NNC(N)=O)c1ccc(N2CCCCCC2)cc1. The van der Waals surface area contributed by atoms with Crippen molar-refractivity contribution in [3.63, 3.8) is 0 Å². The third kappa shape index (κ3) is 3.98. The van der Waals surface area contributed by atoms with Gasteiger partial charge >= 0.3 is 6.03 Å². The van der Waals surface area contributed by atoms with Crippen molar-refractivity contribution in [3.05, 3.63) is 29.8 Å². The molecule has 1 fully saturated rings. The predicted octanol–water partition coefficient (Wildman–Crippen LogP) is 2.46. The van der Waals surface area contributed by atoms with Gasteiger partial charge < -0.3 is 10.6 Å². The maximum Gasteiger partial charge on any atom is 0.332 e. The highest BCUT2D eigenvalue weighted by atomic mass is 16.2. The lowest BCUT2D eigenvalue weighted by Gasteiger charge is -2.22. The molecule has 0 saturated carbocycles. The summed E-state index contributed by atoms with van der Waals surface area (Å²) < 4.78 is 0. The second kappa shape index (κ2) is 6.93. The monoisotopic (exact) mass is 274 g/mol. The number of rotatable bonds is 3. The zero-order valence-electron chi connectivity index (χ0n) is 11.9. The molecule has 0 unspecified atom stereocenters. The molecule has 108 valence electrons. The molecule has 0 atom stereocenters. The van der Waals surface area contributed by atoms with Crippen LogP contribution in [0.3, 0.4) is 0 Å². The number of nitrogens with zero attached hydrogens (tertiary/aromatic N) is 2. The summed E-state index contributed by atoms with van der Waals surface area (Å²) in [6, 6.07) is 7.64. The zero-order valence-corrected chi connectivity index (χ0v) is 11.9. The summed E-state index contributed by atoms with van der Waals surface area (Å²) in [6.07, 6.45) is 5.20. The molecule has 0 aromatic heterocycles. The predicted molar refractivity (Wildman–Crippen MR) is 82.1 cm³/mol. The highest BCUT2D eigenvalue weighted by Crippen LogP contribution is 2.20. The molecule has 1 aromatic rings. The zero-order chi connectivity index (χ0) is 14.4. The molecule has 5 heteroatoms. The molecule has 1 heterocycles. The molecule has 2 rings (SSSR count). The van der Waals surface area contributed by atoms with Crippen LogP contribution in [0.25, 0.3) is 0 Å². The number of primary amides is 1. The van der Waals surface area contributed by atoms with Gasteiger partial charge in [-0.3, -0.25) is 0 Å². The molecule has 1 saturated heterocycles. The summed E-state index contributed by atoms with van der Waals surface area (Å²) in [6.45, 7) is 4.11. The normalized spacial score (nSPS) is 16.6. The molecular formula is C15H22N4O. The van der Waals surface area contributed by atoms with Gasteiger partial charge in [0.1, 0.15) is 0 Å². The van der Waals surface area contributed by atoms with E-state index in [1.54, 1.807) is 0 Å². The van der Waals surface area contributed by atoms with Gasteiger partial charge in [-0.1, -0.05) is 25.0 Å². The van der Waals surface area contributed by atoms with Gasteiger partial charge in [-0.2, -0.15) is 5.10 Å². The van der Waals surface area contributed by atoms with E-state index in [4.69, 9.17) is 5.73 Å². The summed E-state index contributed by atoms with van der Waals surface area (Å²) in [5, 5.41) is 3.93. The number of amides is 2. The molecular weight excluding hydrogens is 252 g/mol. The van der Waals surface area contributed by atoms with Gasteiger partial charge in [-0.15, -0.1) is 0 Å². The van der Waals surface area contributed by atoms with E-state index in [-0.39, 0.29) is 0 Å². The first-order valence-electron chi connectivity index (χ1n) is 7.12. The standard InChI is InChI=1S/C15H22N4O/c1-12(17-18-15(16)20)13-6-8-14(9-7-13)19-10-4-2-3-5-11-19/h6-9H,2-5,10-11H2,1H3,(H3,16,18,20). The Morgan fingerprint density at radius 2 is 1.75 bits per heavy atom. The van der Waals surface area contributed by atoms with Crippen molar-refractivity contribution in [2.45, 2.75) is 32.6 Å². The van der Waals surface area contributed by atoms with Crippen molar-refractivity contribution < 1.29 is 4.79 Å². The molecule has 2 amide bonds.